The maximum absolute atomic E-state index is 9.49. The van der Waals surface area contributed by atoms with Crippen LogP contribution in [0.1, 0.15) is 29.2 Å². The third kappa shape index (κ3) is 6.74. The SMILES string of the molecule is CCN(Cc1ccc(O)cc1)c1ccc2c(c1)CC(=N)C(c1ccccc1)=C2.CO.O=C=O. The lowest BCUT2D eigenvalue weighted by Crippen LogP contribution is -2.22. The zero-order chi connectivity index (χ0) is 24.2. The molecule has 6 heteroatoms. The topological polar surface area (TPSA) is 102 Å². The van der Waals surface area contributed by atoms with Crippen LogP contribution >= 0.6 is 0 Å². The number of carbonyl (C=O) groups excluding carboxylic acids is 2. The predicted octanol–water partition coefficient (Wildman–Crippen LogP) is 4.56. The maximum Gasteiger partial charge on any atom is 0.373 e. The van der Waals surface area contributed by atoms with E-state index >= 15 is 0 Å². The molecule has 6 nitrogen and oxygen atoms in total. The van der Waals surface area contributed by atoms with Gasteiger partial charge in [0, 0.05) is 43.6 Å². The molecule has 1 aliphatic rings. The second-order valence-electron chi connectivity index (χ2n) is 7.23. The van der Waals surface area contributed by atoms with E-state index in [2.05, 4.69) is 48.2 Å². The van der Waals surface area contributed by atoms with Gasteiger partial charge in [0.25, 0.3) is 0 Å². The van der Waals surface area contributed by atoms with E-state index in [1.807, 2.05) is 30.3 Å². The van der Waals surface area contributed by atoms with Crippen molar-refractivity contribution in [1.82, 2.24) is 0 Å². The monoisotopic (exact) mass is 444 g/mol. The van der Waals surface area contributed by atoms with Crippen LogP contribution in [-0.4, -0.2) is 35.7 Å². The number of benzene rings is 3. The molecule has 0 aliphatic heterocycles. The molecule has 1 aliphatic carbocycles. The Morgan fingerprint density at radius 2 is 1.61 bits per heavy atom. The van der Waals surface area contributed by atoms with Crippen LogP contribution in [0.15, 0.2) is 72.8 Å². The Labute approximate surface area is 194 Å². The number of nitrogens with zero attached hydrogens (tertiary/aromatic N) is 1. The highest BCUT2D eigenvalue weighted by atomic mass is 16.3. The minimum atomic E-state index is 0.250. The third-order valence-corrected chi connectivity index (χ3v) is 5.26. The Hall–Kier alpha value is -3.99. The van der Waals surface area contributed by atoms with Crippen LogP contribution in [0.25, 0.3) is 11.6 Å². The Kier molecular flexibility index (Phi) is 9.78. The number of fused-ring (bicyclic) bond motifs is 1. The van der Waals surface area contributed by atoms with Crippen LogP contribution in [0.3, 0.4) is 0 Å². The third-order valence-electron chi connectivity index (χ3n) is 5.26. The highest BCUT2D eigenvalue weighted by molar-refractivity contribution is 6.28. The van der Waals surface area contributed by atoms with Gasteiger partial charge in [-0.05, 0) is 59.5 Å². The molecule has 33 heavy (non-hydrogen) atoms. The Morgan fingerprint density at radius 3 is 2.21 bits per heavy atom. The molecule has 0 heterocycles. The van der Waals surface area contributed by atoms with Crippen LogP contribution in [0.5, 0.6) is 5.75 Å². The second-order valence-corrected chi connectivity index (χ2v) is 7.23. The summed E-state index contributed by atoms with van der Waals surface area (Å²) in [6.45, 7) is 3.83. The number of aromatic hydroxyl groups is 1. The number of rotatable bonds is 5. The molecule has 3 N–H and O–H groups in total. The summed E-state index contributed by atoms with van der Waals surface area (Å²) in [4.78, 5) is 18.6. The minimum Gasteiger partial charge on any atom is -0.508 e. The van der Waals surface area contributed by atoms with Crippen LogP contribution in [0.2, 0.25) is 0 Å². The summed E-state index contributed by atoms with van der Waals surface area (Å²) < 4.78 is 0. The molecule has 3 aromatic rings. The van der Waals surface area contributed by atoms with Crippen molar-refractivity contribution in [2.24, 2.45) is 0 Å². The lowest BCUT2D eigenvalue weighted by Gasteiger charge is -2.26. The first-order valence-electron chi connectivity index (χ1n) is 10.5. The number of phenolic OH excluding ortho intramolecular Hbond substituents is 1. The first-order valence-corrected chi connectivity index (χ1v) is 10.5. The molecule has 170 valence electrons. The Bertz CT molecular complexity index is 1120. The number of aliphatic hydroxyl groups excluding tert-OH is 1. The van der Waals surface area contributed by atoms with E-state index in [1.165, 1.54) is 16.8 Å². The van der Waals surface area contributed by atoms with Crippen molar-refractivity contribution in [3.8, 4) is 5.75 Å². The zero-order valence-electron chi connectivity index (χ0n) is 18.8. The van der Waals surface area contributed by atoms with E-state index in [-0.39, 0.29) is 6.15 Å². The molecule has 3 aromatic carbocycles. The molecule has 0 radical (unpaired) electrons. The number of hydrogen-bond acceptors (Lipinski definition) is 6. The van der Waals surface area contributed by atoms with Crippen molar-refractivity contribution < 1.29 is 19.8 Å². The van der Waals surface area contributed by atoms with Crippen LogP contribution in [0, 0.1) is 5.41 Å². The Morgan fingerprint density at radius 1 is 0.970 bits per heavy atom. The second kappa shape index (κ2) is 12.8. The van der Waals surface area contributed by atoms with Gasteiger partial charge in [0.05, 0.1) is 0 Å². The van der Waals surface area contributed by atoms with Crippen molar-refractivity contribution in [1.29, 1.82) is 5.41 Å². The van der Waals surface area contributed by atoms with E-state index in [9.17, 15) is 5.11 Å². The van der Waals surface area contributed by atoms with Crippen molar-refractivity contribution in [3.63, 3.8) is 0 Å². The van der Waals surface area contributed by atoms with Gasteiger partial charge in [-0.25, -0.2) is 0 Å². The van der Waals surface area contributed by atoms with Gasteiger partial charge in [-0.2, -0.15) is 9.59 Å². The molecule has 0 unspecified atom stereocenters. The fourth-order valence-corrected chi connectivity index (χ4v) is 3.69. The first kappa shape index (κ1) is 25.3. The van der Waals surface area contributed by atoms with Gasteiger partial charge in [0.15, 0.2) is 0 Å². The number of anilines is 1. The number of phenols is 1. The summed E-state index contributed by atoms with van der Waals surface area (Å²) in [6, 6.07) is 24.1. The predicted molar refractivity (Wildman–Crippen MR) is 130 cm³/mol. The lowest BCUT2D eigenvalue weighted by atomic mass is 9.87. The van der Waals surface area contributed by atoms with Crippen LogP contribution < -0.4 is 4.90 Å². The summed E-state index contributed by atoms with van der Waals surface area (Å²) in [5.74, 6) is 0.292. The van der Waals surface area contributed by atoms with Crippen LogP contribution in [0.4, 0.5) is 5.69 Å². The highest BCUT2D eigenvalue weighted by Crippen LogP contribution is 2.31. The number of aliphatic hydroxyl groups is 1. The molecule has 0 fully saturated rings. The number of nitrogens with one attached hydrogen (secondary N) is 1. The molecule has 0 saturated carbocycles. The van der Waals surface area contributed by atoms with Gasteiger partial charge in [0.2, 0.25) is 0 Å². The quantitative estimate of drug-likeness (QED) is 0.535. The molecule has 0 saturated heterocycles. The van der Waals surface area contributed by atoms with Crippen molar-refractivity contribution >= 4 is 29.2 Å². The average Bonchev–Trinajstić information content (AvgIpc) is 2.85. The molecule has 0 amide bonds. The van der Waals surface area contributed by atoms with Gasteiger partial charge in [0.1, 0.15) is 5.75 Å². The highest BCUT2D eigenvalue weighted by Gasteiger charge is 2.18. The summed E-state index contributed by atoms with van der Waals surface area (Å²) in [7, 11) is 1.00. The summed E-state index contributed by atoms with van der Waals surface area (Å²) in [5.41, 5.74) is 7.50. The first-order chi connectivity index (χ1) is 16.0. The molecular weight excluding hydrogens is 416 g/mol. The molecule has 4 rings (SSSR count). The molecule has 0 aromatic heterocycles. The maximum atomic E-state index is 9.49. The van der Waals surface area contributed by atoms with Gasteiger partial charge in [-0.15, -0.1) is 0 Å². The van der Waals surface area contributed by atoms with E-state index in [4.69, 9.17) is 20.1 Å². The van der Waals surface area contributed by atoms with E-state index in [0.717, 1.165) is 36.9 Å². The molecule has 0 spiro atoms. The largest absolute Gasteiger partial charge is 0.508 e. The number of hydrogen-bond donors (Lipinski definition) is 3. The van der Waals surface area contributed by atoms with Gasteiger partial charge >= 0.3 is 6.15 Å². The molecular formula is C27H28N2O4. The van der Waals surface area contributed by atoms with Crippen molar-refractivity contribution in [2.45, 2.75) is 19.9 Å². The van der Waals surface area contributed by atoms with Gasteiger partial charge < -0.3 is 20.5 Å². The van der Waals surface area contributed by atoms with E-state index in [0.29, 0.717) is 17.9 Å². The minimum absolute atomic E-state index is 0.250. The fraction of sp³-hybridized carbons (Fsp3) is 0.185. The fourth-order valence-electron chi connectivity index (χ4n) is 3.69. The van der Waals surface area contributed by atoms with Crippen LogP contribution in [-0.2, 0) is 22.6 Å². The van der Waals surface area contributed by atoms with Gasteiger partial charge in [-0.1, -0.05) is 48.5 Å². The van der Waals surface area contributed by atoms with E-state index in [1.54, 1.807) is 12.1 Å². The smallest absolute Gasteiger partial charge is 0.373 e. The summed E-state index contributed by atoms with van der Waals surface area (Å²) in [6.07, 6.45) is 3.04. The van der Waals surface area contributed by atoms with Crippen molar-refractivity contribution in [3.05, 3.63) is 95.1 Å². The summed E-state index contributed by atoms with van der Waals surface area (Å²) in [5, 5.41) is 25.0. The van der Waals surface area contributed by atoms with Gasteiger partial charge in [-0.3, -0.25) is 0 Å². The molecule has 0 bridgehead atoms. The van der Waals surface area contributed by atoms with Crippen molar-refractivity contribution in [2.75, 3.05) is 18.6 Å². The average molecular weight is 445 g/mol. The Balaban J connectivity index is 0.000000714. The summed E-state index contributed by atoms with van der Waals surface area (Å²) >= 11 is 0. The molecule has 0 atom stereocenters. The number of allylic oxidation sites excluding steroid dienone is 1. The van der Waals surface area contributed by atoms with E-state index < -0.39 is 0 Å². The standard InChI is InChI=1S/C25H24N2O.CO2.CH4O/c1-2-27(17-18-8-12-23(28)13-9-18)22-11-10-20-15-24(19-6-4-3-5-7-19)25(26)16-21(20)14-22;2-1-3;1-2/h3-15,26,28H,2,16-17H2,1H3;;2H,1H3. The normalized spacial score (nSPS) is 11.5. The zero-order valence-corrected chi connectivity index (χ0v) is 18.8. The lowest BCUT2D eigenvalue weighted by molar-refractivity contribution is -0.191.